The standard InChI is InChI=1S/C17H28N2/c1-3-11-18-17-10-7-12-19(14-17)15(2)13-16-8-5-4-6-9-16/h4-6,8-9,15,17-18H,3,7,10-14H2,1-2H3. The lowest BCUT2D eigenvalue weighted by atomic mass is 10.0. The number of nitrogens with zero attached hydrogens (tertiary/aromatic N) is 1. The van der Waals surface area contributed by atoms with Crippen LogP contribution in [-0.2, 0) is 6.42 Å². The summed E-state index contributed by atoms with van der Waals surface area (Å²) in [5.41, 5.74) is 1.46. The number of hydrogen-bond donors (Lipinski definition) is 1. The normalized spacial score (nSPS) is 22.3. The summed E-state index contributed by atoms with van der Waals surface area (Å²) in [4.78, 5) is 2.66. The summed E-state index contributed by atoms with van der Waals surface area (Å²) in [7, 11) is 0. The quantitative estimate of drug-likeness (QED) is 0.845. The molecule has 2 atom stereocenters. The topological polar surface area (TPSA) is 15.3 Å². The Morgan fingerprint density at radius 3 is 2.84 bits per heavy atom. The van der Waals surface area contributed by atoms with Gasteiger partial charge in [0.2, 0.25) is 0 Å². The van der Waals surface area contributed by atoms with E-state index in [0.717, 1.165) is 6.54 Å². The third kappa shape index (κ3) is 4.63. The molecule has 0 aromatic heterocycles. The molecule has 1 saturated heterocycles. The fraction of sp³-hybridized carbons (Fsp3) is 0.647. The van der Waals surface area contributed by atoms with Crippen LogP contribution in [0.5, 0.6) is 0 Å². The molecule has 1 aliphatic rings. The number of rotatable bonds is 6. The summed E-state index contributed by atoms with van der Waals surface area (Å²) in [6.07, 6.45) is 5.08. The van der Waals surface area contributed by atoms with Crippen molar-refractivity contribution in [3.63, 3.8) is 0 Å². The maximum Gasteiger partial charge on any atom is 0.0195 e. The third-order valence-corrected chi connectivity index (χ3v) is 4.13. The van der Waals surface area contributed by atoms with Gasteiger partial charge in [0.15, 0.2) is 0 Å². The van der Waals surface area contributed by atoms with Crippen molar-refractivity contribution in [3.05, 3.63) is 35.9 Å². The van der Waals surface area contributed by atoms with Gasteiger partial charge in [-0.15, -0.1) is 0 Å². The highest BCUT2D eigenvalue weighted by molar-refractivity contribution is 5.15. The van der Waals surface area contributed by atoms with Crippen molar-refractivity contribution < 1.29 is 0 Å². The first kappa shape index (κ1) is 14.5. The molecule has 0 spiro atoms. The number of piperidine rings is 1. The summed E-state index contributed by atoms with van der Waals surface area (Å²) < 4.78 is 0. The van der Waals surface area contributed by atoms with Gasteiger partial charge in [-0.1, -0.05) is 37.3 Å². The van der Waals surface area contributed by atoms with E-state index in [4.69, 9.17) is 0 Å². The monoisotopic (exact) mass is 260 g/mol. The van der Waals surface area contributed by atoms with Gasteiger partial charge in [0.25, 0.3) is 0 Å². The van der Waals surface area contributed by atoms with Gasteiger partial charge in [-0.2, -0.15) is 0 Å². The summed E-state index contributed by atoms with van der Waals surface area (Å²) in [5.74, 6) is 0. The molecule has 1 N–H and O–H groups in total. The lowest BCUT2D eigenvalue weighted by Gasteiger charge is -2.37. The molecule has 106 valence electrons. The molecule has 1 aromatic carbocycles. The fourth-order valence-electron chi connectivity index (χ4n) is 3.01. The molecule has 2 unspecified atom stereocenters. The van der Waals surface area contributed by atoms with Gasteiger partial charge in [-0.3, -0.25) is 4.90 Å². The zero-order chi connectivity index (χ0) is 13.5. The van der Waals surface area contributed by atoms with Crippen LogP contribution in [0.15, 0.2) is 30.3 Å². The van der Waals surface area contributed by atoms with Crippen LogP contribution in [0.4, 0.5) is 0 Å². The number of hydrogen-bond acceptors (Lipinski definition) is 2. The Bertz CT molecular complexity index is 350. The Hall–Kier alpha value is -0.860. The van der Waals surface area contributed by atoms with E-state index >= 15 is 0 Å². The Balaban J connectivity index is 1.83. The van der Waals surface area contributed by atoms with E-state index in [1.165, 1.54) is 44.3 Å². The molecule has 0 bridgehead atoms. The van der Waals surface area contributed by atoms with Crippen molar-refractivity contribution in [1.29, 1.82) is 0 Å². The first-order valence-electron chi connectivity index (χ1n) is 7.81. The number of likely N-dealkylation sites (tertiary alicyclic amines) is 1. The minimum Gasteiger partial charge on any atom is -0.313 e. The van der Waals surface area contributed by atoms with E-state index in [-0.39, 0.29) is 0 Å². The second kappa shape index (κ2) is 7.66. The third-order valence-electron chi connectivity index (χ3n) is 4.13. The van der Waals surface area contributed by atoms with E-state index in [2.05, 4.69) is 54.4 Å². The van der Waals surface area contributed by atoms with Gasteiger partial charge in [-0.25, -0.2) is 0 Å². The minimum atomic E-state index is 0.647. The van der Waals surface area contributed by atoms with Crippen molar-refractivity contribution in [1.82, 2.24) is 10.2 Å². The molecule has 2 heteroatoms. The van der Waals surface area contributed by atoms with Crippen molar-refractivity contribution >= 4 is 0 Å². The molecule has 1 heterocycles. The van der Waals surface area contributed by atoms with Crippen LogP contribution in [-0.4, -0.2) is 36.6 Å². The number of nitrogens with one attached hydrogen (secondary N) is 1. The molecule has 19 heavy (non-hydrogen) atoms. The fourth-order valence-corrected chi connectivity index (χ4v) is 3.01. The van der Waals surface area contributed by atoms with Gasteiger partial charge in [-0.05, 0) is 51.3 Å². The van der Waals surface area contributed by atoms with Crippen LogP contribution in [0, 0.1) is 0 Å². The van der Waals surface area contributed by atoms with Crippen LogP contribution in [0.2, 0.25) is 0 Å². The van der Waals surface area contributed by atoms with E-state index in [1.807, 2.05) is 0 Å². The molecule has 1 aromatic rings. The molecule has 0 aliphatic carbocycles. The maximum atomic E-state index is 3.68. The highest BCUT2D eigenvalue weighted by Gasteiger charge is 2.22. The summed E-state index contributed by atoms with van der Waals surface area (Å²) in [6, 6.07) is 12.2. The summed E-state index contributed by atoms with van der Waals surface area (Å²) >= 11 is 0. The highest BCUT2D eigenvalue weighted by atomic mass is 15.2. The van der Waals surface area contributed by atoms with Gasteiger partial charge < -0.3 is 5.32 Å². The Labute approximate surface area is 118 Å². The van der Waals surface area contributed by atoms with Gasteiger partial charge in [0.1, 0.15) is 0 Å². The van der Waals surface area contributed by atoms with Gasteiger partial charge in [0.05, 0.1) is 0 Å². The Morgan fingerprint density at radius 2 is 2.11 bits per heavy atom. The van der Waals surface area contributed by atoms with E-state index < -0.39 is 0 Å². The van der Waals surface area contributed by atoms with E-state index in [0.29, 0.717) is 12.1 Å². The summed E-state index contributed by atoms with van der Waals surface area (Å²) in [5, 5.41) is 3.68. The predicted molar refractivity (Wildman–Crippen MR) is 82.5 cm³/mol. The van der Waals surface area contributed by atoms with Crippen LogP contribution in [0.25, 0.3) is 0 Å². The molecule has 2 rings (SSSR count). The van der Waals surface area contributed by atoms with Crippen molar-refractivity contribution in [2.45, 2.75) is 51.6 Å². The molecule has 0 saturated carbocycles. The van der Waals surface area contributed by atoms with Gasteiger partial charge >= 0.3 is 0 Å². The lowest BCUT2D eigenvalue weighted by molar-refractivity contribution is 0.145. The maximum absolute atomic E-state index is 3.68. The van der Waals surface area contributed by atoms with Crippen LogP contribution in [0.3, 0.4) is 0 Å². The van der Waals surface area contributed by atoms with E-state index in [1.54, 1.807) is 0 Å². The van der Waals surface area contributed by atoms with Crippen molar-refractivity contribution in [2.75, 3.05) is 19.6 Å². The second-order valence-corrected chi connectivity index (χ2v) is 5.83. The van der Waals surface area contributed by atoms with Crippen LogP contribution < -0.4 is 5.32 Å². The predicted octanol–water partition coefficient (Wildman–Crippen LogP) is 3.08. The molecular weight excluding hydrogens is 232 g/mol. The zero-order valence-corrected chi connectivity index (χ0v) is 12.4. The molecule has 1 fully saturated rings. The van der Waals surface area contributed by atoms with E-state index in [9.17, 15) is 0 Å². The highest BCUT2D eigenvalue weighted by Crippen LogP contribution is 2.16. The van der Waals surface area contributed by atoms with Crippen molar-refractivity contribution in [2.24, 2.45) is 0 Å². The minimum absolute atomic E-state index is 0.647. The molecular formula is C17H28N2. The van der Waals surface area contributed by atoms with Crippen LogP contribution in [0.1, 0.15) is 38.7 Å². The van der Waals surface area contributed by atoms with Crippen LogP contribution >= 0.6 is 0 Å². The first-order chi connectivity index (χ1) is 9.29. The smallest absolute Gasteiger partial charge is 0.0195 e. The molecule has 0 radical (unpaired) electrons. The zero-order valence-electron chi connectivity index (χ0n) is 12.4. The molecule has 1 aliphatic heterocycles. The average molecular weight is 260 g/mol. The largest absolute Gasteiger partial charge is 0.313 e. The SMILES string of the molecule is CCCNC1CCCN(C(C)Cc2ccccc2)C1. The molecule has 0 amide bonds. The van der Waals surface area contributed by atoms with Gasteiger partial charge in [0, 0.05) is 18.6 Å². The summed E-state index contributed by atoms with van der Waals surface area (Å²) in [6.45, 7) is 8.25. The Kier molecular flexibility index (Phi) is 5.87. The first-order valence-corrected chi connectivity index (χ1v) is 7.81. The lowest BCUT2D eigenvalue weighted by Crippen LogP contribution is -2.49. The average Bonchev–Trinajstić information content (AvgIpc) is 2.46. The molecule has 2 nitrogen and oxygen atoms in total. The Morgan fingerprint density at radius 1 is 1.32 bits per heavy atom. The number of benzene rings is 1. The second-order valence-electron chi connectivity index (χ2n) is 5.83. The van der Waals surface area contributed by atoms with Crippen molar-refractivity contribution in [3.8, 4) is 0 Å².